The van der Waals surface area contributed by atoms with E-state index in [1.807, 2.05) is 0 Å². The van der Waals surface area contributed by atoms with Gasteiger partial charge in [-0.05, 0) is 30.3 Å². The lowest BCUT2D eigenvalue weighted by atomic mass is 10.1. The maximum absolute atomic E-state index is 13.1. The summed E-state index contributed by atoms with van der Waals surface area (Å²) in [4.78, 5) is 11.6. The van der Waals surface area contributed by atoms with Gasteiger partial charge in [0.2, 0.25) is 0 Å². The van der Waals surface area contributed by atoms with Crippen LogP contribution in [-0.2, 0) is 0 Å². The lowest BCUT2D eigenvalue weighted by Gasteiger charge is -2.03. The molecular formula is C11H6ClFO2S. The minimum absolute atomic E-state index is 0.0694. The van der Waals surface area contributed by atoms with Gasteiger partial charge in [-0.2, -0.15) is 0 Å². The molecule has 1 aromatic heterocycles. The van der Waals surface area contributed by atoms with E-state index in [2.05, 4.69) is 0 Å². The van der Waals surface area contributed by atoms with Crippen molar-refractivity contribution in [2.24, 2.45) is 0 Å². The molecule has 82 valence electrons. The van der Waals surface area contributed by atoms with Crippen LogP contribution in [0.3, 0.4) is 0 Å². The fraction of sp³-hybridized carbons (Fsp3) is 0. The van der Waals surface area contributed by atoms with Gasteiger partial charge in [-0.25, -0.2) is 9.18 Å². The van der Waals surface area contributed by atoms with Gasteiger partial charge in [0.25, 0.3) is 0 Å². The van der Waals surface area contributed by atoms with Crippen LogP contribution in [0.4, 0.5) is 4.39 Å². The first-order valence-electron chi connectivity index (χ1n) is 4.36. The van der Waals surface area contributed by atoms with Crippen LogP contribution in [0.2, 0.25) is 4.34 Å². The molecule has 1 N–H and O–H groups in total. The first-order chi connectivity index (χ1) is 7.58. The summed E-state index contributed by atoms with van der Waals surface area (Å²) < 4.78 is 13.6. The Bertz CT molecular complexity index is 551. The molecule has 0 aliphatic heterocycles. The number of hydrogen-bond donors (Lipinski definition) is 1. The molecule has 0 spiro atoms. The molecule has 0 bridgehead atoms. The molecule has 0 saturated carbocycles. The summed E-state index contributed by atoms with van der Waals surface area (Å²) in [6, 6.07) is 6.90. The van der Waals surface area contributed by atoms with Crippen molar-refractivity contribution in [2.45, 2.75) is 0 Å². The number of aromatic carboxylic acids is 1. The molecule has 1 aromatic carbocycles. The standard InChI is InChI=1S/C11H6ClFO2S/c12-10-4-3-9(16-10)8-5-6(13)1-2-7(8)11(14)15/h1-5H,(H,14,15). The van der Waals surface area contributed by atoms with Gasteiger partial charge in [-0.3, -0.25) is 0 Å². The zero-order chi connectivity index (χ0) is 11.7. The molecule has 1 heterocycles. The summed E-state index contributed by atoms with van der Waals surface area (Å²) in [5, 5.41) is 8.97. The molecule has 0 radical (unpaired) electrons. The topological polar surface area (TPSA) is 37.3 Å². The monoisotopic (exact) mass is 256 g/mol. The first-order valence-corrected chi connectivity index (χ1v) is 5.56. The Morgan fingerprint density at radius 2 is 2.06 bits per heavy atom. The van der Waals surface area contributed by atoms with Gasteiger partial charge in [0.1, 0.15) is 5.82 Å². The summed E-state index contributed by atoms with van der Waals surface area (Å²) in [7, 11) is 0. The van der Waals surface area contributed by atoms with Crippen LogP contribution < -0.4 is 0 Å². The van der Waals surface area contributed by atoms with E-state index in [1.54, 1.807) is 12.1 Å². The van der Waals surface area contributed by atoms with Gasteiger partial charge in [-0.15, -0.1) is 11.3 Å². The molecule has 0 atom stereocenters. The van der Waals surface area contributed by atoms with E-state index in [1.165, 1.54) is 23.5 Å². The summed E-state index contributed by atoms with van der Waals surface area (Å²) in [6.45, 7) is 0. The lowest BCUT2D eigenvalue weighted by Crippen LogP contribution is -1.99. The first kappa shape index (κ1) is 11.1. The van der Waals surface area contributed by atoms with Crippen molar-refractivity contribution in [3.63, 3.8) is 0 Å². The van der Waals surface area contributed by atoms with E-state index in [9.17, 15) is 9.18 Å². The van der Waals surface area contributed by atoms with E-state index in [-0.39, 0.29) is 5.56 Å². The fourth-order valence-corrected chi connectivity index (χ4v) is 2.44. The second-order valence-electron chi connectivity index (χ2n) is 3.10. The molecule has 2 nitrogen and oxygen atoms in total. The molecular weight excluding hydrogens is 251 g/mol. The maximum Gasteiger partial charge on any atom is 0.336 e. The second kappa shape index (κ2) is 4.23. The second-order valence-corrected chi connectivity index (χ2v) is 4.81. The molecule has 2 aromatic rings. The van der Waals surface area contributed by atoms with Crippen molar-refractivity contribution in [2.75, 3.05) is 0 Å². The average molecular weight is 257 g/mol. The minimum Gasteiger partial charge on any atom is -0.478 e. The molecule has 0 fully saturated rings. The predicted molar refractivity (Wildman–Crippen MR) is 61.7 cm³/mol. The van der Waals surface area contributed by atoms with Gasteiger partial charge < -0.3 is 5.11 Å². The molecule has 0 aliphatic carbocycles. The van der Waals surface area contributed by atoms with Crippen molar-refractivity contribution in [1.82, 2.24) is 0 Å². The highest BCUT2D eigenvalue weighted by Crippen LogP contribution is 2.33. The number of carboxylic acids is 1. The Morgan fingerprint density at radius 1 is 1.31 bits per heavy atom. The van der Waals surface area contributed by atoms with E-state index in [4.69, 9.17) is 16.7 Å². The summed E-state index contributed by atoms with van der Waals surface area (Å²) in [5.74, 6) is -1.55. The van der Waals surface area contributed by atoms with Crippen molar-refractivity contribution in [1.29, 1.82) is 0 Å². The Hall–Kier alpha value is -1.39. The average Bonchev–Trinajstić information content (AvgIpc) is 2.64. The molecule has 0 amide bonds. The number of carbonyl (C=O) groups is 1. The number of benzene rings is 1. The van der Waals surface area contributed by atoms with Crippen LogP contribution in [0.25, 0.3) is 10.4 Å². The van der Waals surface area contributed by atoms with E-state index < -0.39 is 11.8 Å². The number of rotatable bonds is 2. The Morgan fingerprint density at radius 3 is 2.62 bits per heavy atom. The highest BCUT2D eigenvalue weighted by atomic mass is 35.5. The fourth-order valence-electron chi connectivity index (χ4n) is 1.37. The number of thiophene rings is 1. The third-order valence-electron chi connectivity index (χ3n) is 2.05. The molecule has 5 heteroatoms. The largest absolute Gasteiger partial charge is 0.478 e. The lowest BCUT2D eigenvalue weighted by molar-refractivity contribution is 0.0697. The summed E-state index contributed by atoms with van der Waals surface area (Å²) in [5.41, 5.74) is 0.421. The Balaban J connectivity index is 2.62. The number of halogens is 2. The van der Waals surface area contributed by atoms with Crippen LogP contribution >= 0.6 is 22.9 Å². The molecule has 16 heavy (non-hydrogen) atoms. The van der Waals surface area contributed by atoms with Crippen molar-refractivity contribution in [3.05, 3.63) is 46.0 Å². The normalized spacial score (nSPS) is 10.4. The van der Waals surface area contributed by atoms with Crippen LogP contribution in [0.5, 0.6) is 0 Å². The van der Waals surface area contributed by atoms with Crippen LogP contribution in [0.15, 0.2) is 30.3 Å². The Labute approximate surface area is 99.9 Å². The van der Waals surface area contributed by atoms with Crippen LogP contribution in [-0.4, -0.2) is 11.1 Å². The summed E-state index contributed by atoms with van der Waals surface area (Å²) >= 11 is 6.98. The van der Waals surface area contributed by atoms with Crippen molar-refractivity contribution < 1.29 is 14.3 Å². The highest BCUT2D eigenvalue weighted by Gasteiger charge is 2.14. The van der Waals surface area contributed by atoms with Gasteiger partial charge in [-0.1, -0.05) is 11.6 Å². The Kier molecular flexibility index (Phi) is 2.94. The molecule has 0 saturated heterocycles. The predicted octanol–water partition coefficient (Wildman–Crippen LogP) is 3.91. The van der Waals surface area contributed by atoms with Crippen LogP contribution in [0.1, 0.15) is 10.4 Å². The van der Waals surface area contributed by atoms with Gasteiger partial charge in [0.15, 0.2) is 0 Å². The SMILES string of the molecule is O=C(O)c1ccc(F)cc1-c1ccc(Cl)s1. The molecule has 0 aliphatic rings. The van der Waals surface area contributed by atoms with E-state index in [0.717, 1.165) is 6.07 Å². The summed E-state index contributed by atoms with van der Waals surface area (Å²) in [6.07, 6.45) is 0. The van der Waals surface area contributed by atoms with Crippen molar-refractivity contribution in [3.8, 4) is 10.4 Å². The minimum atomic E-state index is -1.08. The van der Waals surface area contributed by atoms with Crippen LogP contribution in [0, 0.1) is 5.82 Å². The quantitative estimate of drug-likeness (QED) is 0.885. The van der Waals surface area contributed by atoms with E-state index >= 15 is 0 Å². The molecule has 0 unspecified atom stereocenters. The number of carboxylic acid groups (broad SMARTS) is 1. The van der Waals surface area contributed by atoms with E-state index in [0.29, 0.717) is 14.8 Å². The smallest absolute Gasteiger partial charge is 0.336 e. The third-order valence-corrected chi connectivity index (χ3v) is 3.32. The molecule has 2 rings (SSSR count). The third kappa shape index (κ3) is 2.08. The zero-order valence-electron chi connectivity index (χ0n) is 7.91. The van der Waals surface area contributed by atoms with Gasteiger partial charge in [0.05, 0.1) is 9.90 Å². The zero-order valence-corrected chi connectivity index (χ0v) is 9.48. The maximum atomic E-state index is 13.1. The van der Waals surface area contributed by atoms with Crippen molar-refractivity contribution >= 4 is 28.9 Å². The highest BCUT2D eigenvalue weighted by molar-refractivity contribution is 7.19. The van der Waals surface area contributed by atoms with Gasteiger partial charge in [0, 0.05) is 10.4 Å². The number of hydrogen-bond acceptors (Lipinski definition) is 2. The van der Waals surface area contributed by atoms with Gasteiger partial charge >= 0.3 is 5.97 Å².